The molecule has 0 amide bonds. The summed E-state index contributed by atoms with van der Waals surface area (Å²) < 4.78 is 2.29. The van der Waals surface area contributed by atoms with Crippen molar-refractivity contribution in [2.75, 3.05) is 0 Å². The standard InChI is InChI=1S/C22H19N/c1-16-20(14-12-17-8-4-3-5-9-17)23(2)21-15-13-18-10-6-7-11-19(18)22(16)21/h3-15H,1-2H3/b14-12-. The van der Waals surface area contributed by atoms with Crippen LogP contribution in [-0.4, -0.2) is 4.57 Å². The molecular formula is C22H19N. The Morgan fingerprint density at radius 2 is 1.52 bits per heavy atom. The van der Waals surface area contributed by atoms with Crippen molar-refractivity contribution in [3.63, 3.8) is 0 Å². The summed E-state index contributed by atoms with van der Waals surface area (Å²) in [5.41, 5.74) is 5.11. The van der Waals surface area contributed by atoms with Crippen LogP contribution >= 0.6 is 0 Å². The lowest BCUT2D eigenvalue weighted by Crippen LogP contribution is -1.90. The molecule has 0 bridgehead atoms. The fraction of sp³-hybridized carbons (Fsp3) is 0.0909. The van der Waals surface area contributed by atoms with Crippen molar-refractivity contribution in [1.29, 1.82) is 0 Å². The predicted octanol–water partition coefficient (Wildman–Crippen LogP) is 5.81. The lowest BCUT2D eigenvalue weighted by atomic mass is 10.0. The molecule has 1 nitrogen and oxygen atoms in total. The summed E-state index contributed by atoms with van der Waals surface area (Å²) >= 11 is 0. The van der Waals surface area contributed by atoms with E-state index >= 15 is 0 Å². The van der Waals surface area contributed by atoms with Gasteiger partial charge in [-0.2, -0.15) is 0 Å². The Morgan fingerprint density at radius 3 is 2.35 bits per heavy atom. The van der Waals surface area contributed by atoms with E-state index in [1.807, 2.05) is 6.07 Å². The number of rotatable bonds is 2. The van der Waals surface area contributed by atoms with Crippen LogP contribution in [0.25, 0.3) is 33.8 Å². The van der Waals surface area contributed by atoms with Gasteiger partial charge in [0.05, 0.1) is 0 Å². The third kappa shape index (κ3) is 2.25. The summed E-state index contributed by atoms with van der Waals surface area (Å²) in [6.07, 6.45) is 4.41. The second-order valence-corrected chi connectivity index (χ2v) is 5.99. The van der Waals surface area contributed by atoms with Gasteiger partial charge in [0, 0.05) is 23.6 Å². The number of aryl methyl sites for hydroxylation is 2. The third-order valence-electron chi connectivity index (χ3n) is 4.62. The van der Waals surface area contributed by atoms with Gasteiger partial charge in [0.2, 0.25) is 0 Å². The molecule has 0 fully saturated rings. The minimum absolute atomic E-state index is 1.22. The highest BCUT2D eigenvalue weighted by Gasteiger charge is 2.12. The normalized spacial score (nSPS) is 11.7. The highest BCUT2D eigenvalue weighted by atomic mass is 14.9. The van der Waals surface area contributed by atoms with Crippen molar-refractivity contribution < 1.29 is 0 Å². The van der Waals surface area contributed by atoms with E-state index in [2.05, 4.69) is 91.4 Å². The second kappa shape index (κ2) is 5.44. The molecule has 0 atom stereocenters. The summed E-state index contributed by atoms with van der Waals surface area (Å²) in [4.78, 5) is 0. The summed E-state index contributed by atoms with van der Waals surface area (Å²) in [6, 6.07) is 23.5. The molecule has 1 heteroatoms. The van der Waals surface area contributed by atoms with Crippen LogP contribution in [0, 0.1) is 6.92 Å². The first-order valence-electron chi connectivity index (χ1n) is 7.95. The van der Waals surface area contributed by atoms with Crippen molar-refractivity contribution >= 4 is 33.8 Å². The van der Waals surface area contributed by atoms with E-state index in [-0.39, 0.29) is 0 Å². The first-order chi connectivity index (χ1) is 11.3. The first kappa shape index (κ1) is 13.8. The van der Waals surface area contributed by atoms with Crippen molar-refractivity contribution in [3.05, 3.63) is 83.6 Å². The highest BCUT2D eigenvalue weighted by Crippen LogP contribution is 2.32. The van der Waals surface area contributed by atoms with Crippen molar-refractivity contribution in [2.24, 2.45) is 7.05 Å². The van der Waals surface area contributed by atoms with Crippen LogP contribution in [0.5, 0.6) is 0 Å². The minimum Gasteiger partial charge on any atom is -0.344 e. The smallest absolute Gasteiger partial charge is 0.0491 e. The molecule has 1 aromatic heterocycles. The Bertz CT molecular complexity index is 1020. The summed E-state index contributed by atoms with van der Waals surface area (Å²) in [7, 11) is 2.15. The van der Waals surface area contributed by atoms with E-state index in [1.165, 1.54) is 38.5 Å². The maximum atomic E-state index is 2.29. The zero-order valence-corrected chi connectivity index (χ0v) is 13.5. The maximum Gasteiger partial charge on any atom is 0.0491 e. The van der Waals surface area contributed by atoms with E-state index in [0.717, 1.165) is 0 Å². The largest absolute Gasteiger partial charge is 0.344 e. The molecule has 23 heavy (non-hydrogen) atoms. The molecule has 0 aliphatic heterocycles. The van der Waals surface area contributed by atoms with Gasteiger partial charge >= 0.3 is 0 Å². The average molecular weight is 297 g/mol. The van der Waals surface area contributed by atoms with E-state index < -0.39 is 0 Å². The molecule has 1 heterocycles. The number of hydrogen-bond donors (Lipinski definition) is 0. The molecule has 0 saturated carbocycles. The molecule has 0 radical (unpaired) electrons. The Hall–Kier alpha value is -2.80. The zero-order valence-electron chi connectivity index (χ0n) is 13.5. The van der Waals surface area contributed by atoms with Gasteiger partial charge in [0.25, 0.3) is 0 Å². The van der Waals surface area contributed by atoms with Gasteiger partial charge < -0.3 is 4.57 Å². The predicted molar refractivity (Wildman–Crippen MR) is 101 cm³/mol. The Balaban J connectivity index is 1.94. The van der Waals surface area contributed by atoms with E-state index in [4.69, 9.17) is 0 Å². The van der Waals surface area contributed by atoms with Crippen molar-refractivity contribution in [1.82, 2.24) is 4.57 Å². The molecule has 3 aromatic carbocycles. The molecule has 0 aliphatic carbocycles. The van der Waals surface area contributed by atoms with Crippen LogP contribution in [0.15, 0.2) is 66.7 Å². The fourth-order valence-electron chi connectivity index (χ4n) is 3.42. The number of benzene rings is 3. The topological polar surface area (TPSA) is 4.93 Å². The van der Waals surface area contributed by atoms with E-state index in [9.17, 15) is 0 Å². The Kier molecular flexibility index (Phi) is 3.27. The van der Waals surface area contributed by atoms with Crippen LogP contribution in [0.2, 0.25) is 0 Å². The van der Waals surface area contributed by atoms with Crippen LogP contribution in [0.4, 0.5) is 0 Å². The minimum atomic E-state index is 1.22. The van der Waals surface area contributed by atoms with Crippen molar-refractivity contribution in [3.8, 4) is 0 Å². The number of fused-ring (bicyclic) bond motifs is 3. The summed E-state index contributed by atoms with van der Waals surface area (Å²) in [6.45, 7) is 2.22. The van der Waals surface area contributed by atoms with Gasteiger partial charge in [-0.15, -0.1) is 0 Å². The summed E-state index contributed by atoms with van der Waals surface area (Å²) in [5.74, 6) is 0. The third-order valence-corrected chi connectivity index (χ3v) is 4.62. The Labute approximate surface area is 136 Å². The number of hydrogen-bond acceptors (Lipinski definition) is 0. The fourth-order valence-corrected chi connectivity index (χ4v) is 3.42. The van der Waals surface area contributed by atoms with Crippen LogP contribution < -0.4 is 0 Å². The van der Waals surface area contributed by atoms with Gasteiger partial charge in [-0.3, -0.25) is 0 Å². The monoisotopic (exact) mass is 297 g/mol. The second-order valence-electron chi connectivity index (χ2n) is 5.99. The van der Waals surface area contributed by atoms with Gasteiger partial charge in [-0.25, -0.2) is 0 Å². The molecule has 0 spiro atoms. The molecule has 0 N–H and O–H groups in total. The lowest BCUT2D eigenvalue weighted by Gasteiger charge is -2.01. The lowest BCUT2D eigenvalue weighted by molar-refractivity contribution is 0.949. The van der Waals surface area contributed by atoms with Gasteiger partial charge in [-0.05, 0) is 41.0 Å². The van der Waals surface area contributed by atoms with E-state index in [1.54, 1.807) is 0 Å². The van der Waals surface area contributed by atoms with Gasteiger partial charge in [0.15, 0.2) is 0 Å². The molecular weight excluding hydrogens is 278 g/mol. The molecule has 0 unspecified atom stereocenters. The van der Waals surface area contributed by atoms with Crippen molar-refractivity contribution in [2.45, 2.75) is 6.92 Å². The molecule has 0 saturated heterocycles. The zero-order chi connectivity index (χ0) is 15.8. The van der Waals surface area contributed by atoms with Crippen LogP contribution in [0.1, 0.15) is 16.8 Å². The molecule has 4 rings (SSSR count). The van der Waals surface area contributed by atoms with Crippen LogP contribution in [-0.2, 0) is 7.05 Å². The molecule has 4 aromatic rings. The SMILES string of the molecule is Cc1c(/C=C\c2ccccc2)n(C)c2ccc3ccccc3c12. The Morgan fingerprint density at radius 1 is 0.783 bits per heavy atom. The summed E-state index contributed by atoms with van der Waals surface area (Å²) in [5, 5.41) is 3.99. The van der Waals surface area contributed by atoms with Crippen LogP contribution in [0.3, 0.4) is 0 Å². The molecule has 0 aliphatic rings. The maximum absolute atomic E-state index is 2.29. The van der Waals surface area contributed by atoms with Gasteiger partial charge in [0.1, 0.15) is 0 Å². The highest BCUT2D eigenvalue weighted by molar-refractivity contribution is 6.09. The number of nitrogens with zero attached hydrogens (tertiary/aromatic N) is 1. The average Bonchev–Trinajstić information content (AvgIpc) is 2.85. The first-order valence-corrected chi connectivity index (χ1v) is 7.95. The molecule has 112 valence electrons. The van der Waals surface area contributed by atoms with Gasteiger partial charge in [-0.1, -0.05) is 66.7 Å². The van der Waals surface area contributed by atoms with E-state index in [0.29, 0.717) is 0 Å². The number of aromatic nitrogens is 1. The quantitative estimate of drug-likeness (QED) is 0.440.